The smallest absolute Gasteiger partial charge is 0.0325 e. The van der Waals surface area contributed by atoms with Gasteiger partial charge in [0.1, 0.15) is 0 Å². The molecule has 1 heteroatoms. The summed E-state index contributed by atoms with van der Waals surface area (Å²) in [6, 6.07) is 7.15. The summed E-state index contributed by atoms with van der Waals surface area (Å²) in [4.78, 5) is 0. The van der Waals surface area contributed by atoms with Crippen LogP contribution >= 0.6 is 0 Å². The van der Waals surface area contributed by atoms with Gasteiger partial charge in [0.05, 0.1) is 0 Å². The minimum atomic E-state index is 0.522. The number of hydrogen-bond acceptors (Lipinski definition) is 1. The Morgan fingerprint density at radius 2 is 1.67 bits per heavy atom. The first-order chi connectivity index (χ1) is 8.56. The van der Waals surface area contributed by atoms with Crippen LogP contribution in [0.3, 0.4) is 0 Å². The number of benzene rings is 1. The second-order valence-corrected chi connectivity index (χ2v) is 5.78. The van der Waals surface area contributed by atoms with Crippen LogP contribution in [0.1, 0.15) is 62.8 Å². The molecular weight excluding hydrogens is 218 g/mol. The zero-order valence-electron chi connectivity index (χ0n) is 12.7. The molecule has 0 amide bonds. The highest BCUT2D eigenvalue weighted by atomic mass is 14.9. The third-order valence-electron chi connectivity index (χ3n) is 3.56. The van der Waals surface area contributed by atoms with Crippen molar-refractivity contribution in [2.75, 3.05) is 6.54 Å². The first-order valence-corrected chi connectivity index (χ1v) is 7.35. The molecule has 0 radical (unpaired) electrons. The van der Waals surface area contributed by atoms with Crippen LogP contribution in [0.2, 0.25) is 0 Å². The van der Waals surface area contributed by atoms with Gasteiger partial charge in [-0.05, 0) is 62.3 Å². The maximum Gasteiger partial charge on any atom is 0.0325 e. The molecule has 0 spiro atoms. The van der Waals surface area contributed by atoms with Gasteiger partial charge in [-0.15, -0.1) is 0 Å². The van der Waals surface area contributed by atoms with E-state index in [2.05, 4.69) is 58.1 Å². The monoisotopic (exact) mass is 247 g/mol. The highest BCUT2D eigenvalue weighted by Crippen LogP contribution is 2.26. The summed E-state index contributed by atoms with van der Waals surface area (Å²) in [6.07, 6.45) is 3.72. The number of nitrogens with one attached hydrogen (secondary N) is 1. The standard InChI is InChI=1S/C17H29N/c1-6-12-18-16(11-10-13(2)3)17-14(4)8-7-9-15(17)5/h7-9,13,16,18H,6,10-12H2,1-5H3. The molecule has 0 aliphatic heterocycles. The lowest BCUT2D eigenvalue weighted by Crippen LogP contribution is -2.24. The Morgan fingerprint density at radius 1 is 1.06 bits per heavy atom. The zero-order valence-corrected chi connectivity index (χ0v) is 12.7. The first kappa shape index (κ1) is 15.2. The quantitative estimate of drug-likeness (QED) is 0.731. The maximum absolute atomic E-state index is 3.72. The summed E-state index contributed by atoms with van der Waals surface area (Å²) < 4.78 is 0. The Bertz CT molecular complexity index is 334. The van der Waals surface area contributed by atoms with Crippen LogP contribution in [-0.2, 0) is 0 Å². The van der Waals surface area contributed by atoms with Crippen molar-refractivity contribution < 1.29 is 0 Å². The third-order valence-corrected chi connectivity index (χ3v) is 3.56. The lowest BCUT2D eigenvalue weighted by Gasteiger charge is -2.23. The van der Waals surface area contributed by atoms with Crippen LogP contribution in [-0.4, -0.2) is 6.54 Å². The first-order valence-electron chi connectivity index (χ1n) is 7.35. The Labute approximate surface area is 113 Å². The normalized spacial score (nSPS) is 13.0. The zero-order chi connectivity index (χ0) is 13.5. The molecule has 0 aliphatic carbocycles. The van der Waals surface area contributed by atoms with Crippen LogP contribution in [0.5, 0.6) is 0 Å². The Kier molecular flexibility index (Phi) is 6.42. The van der Waals surface area contributed by atoms with Gasteiger partial charge in [0.15, 0.2) is 0 Å². The molecule has 1 unspecified atom stereocenters. The van der Waals surface area contributed by atoms with E-state index in [4.69, 9.17) is 0 Å². The number of aryl methyl sites for hydroxylation is 2. The van der Waals surface area contributed by atoms with Gasteiger partial charge in [-0.25, -0.2) is 0 Å². The van der Waals surface area contributed by atoms with Crippen molar-refractivity contribution in [1.29, 1.82) is 0 Å². The summed E-state index contributed by atoms with van der Waals surface area (Å²) in [7, 11) is 0. The van der Waals surface area contributed by atoms with E-state index in [9.17, 15) is 0 Å². The fourth-order valence-electron chi connectivity index (χ4n) is 2.54. The number of hydrogen-bond donors (Lipinski definition) is 1. The van der Waals surface area contributed by atoms with Crippen molar-refractivity contribution in [2.24, 2.45) is 5.92 Å². The minimum absolute atomic E-state index is 0.522. The average Bonchev–Trinajstić information content (AvgIpc) is 2.31. The van der Waals surface area contributed by atoms with Crippen molar-refractivity contribution in [2.45, 2.75) is 59.9 Å². The van der Waals surface area contributed by atoms with E-state index in [1.54, 1.807) is 0 Å². The van der Waals surface area contributed by atoms with E-state index in [1.807, 2.05) is 0 Å². The van der Waals surface area contributed by atoms with Gasteiger partial charge in [0.2, 0.25) is 0 Å². The van der Waals surface area contributed by atoms with Crippen LogP contribution in [0.15, 0.2) is 18.2 Å². The molecular formula is C17H29N. The molecule has 1 aromatic rings. The molecule has 1 aromatic carbocycles. The predicted molar refractivity (Wildman–Crippen MR) is 81.0 cm³/mol. The Morgan fingerprint density at radius 3 is 2.17 bits per heavy atom. The third kappa shape index (κ3) is 4.45. The lowest BCUT2D eigenvalue weighted by molar-refractivity contribution is 0.438. The second kappa shape index (κ2) is 7.58. The molecule has 0 aliphatic rings. The molecule has 1 rings (SSSR count). The highest BCUT2D eigenvalue weighted by Gasteiger charge is 2.15. The molecule has 0 heterocycles. The maximum atomic E-state index is 3.72. The SMILES string of the molecule is CCCNC(CCC(C)C)c1c(C)cccc1C. The van der Waals surface area contributed by atoms with E-state index in [-0.39, 0.29) is 0 Å². The average molecular weight is 247 g/mol. The van der Waals surface area contributed by atoms with Crippen LogP contribution in [0.4, 0.5) is 0 Å². The topological polar surface area (TPSA) is 12.0 Å². The summed E-state index contributed by atoms with van der Waals surface area (Å²) in [5.74, 6) is 0.778. The Balaban J connectivity index is 2.86. The van der Waals surface area contributed by atoms with Gasteiger partial charge in [-0.2, -0.15) is 0 Å². The van der Waals surface area contributed by atoms with Crippen molar-refractivity contribution in [1.82, 2.24) is 5.32 Å². The molecule has 0 saturated heterocycles. The number of rotatable bonds is 7. The summed E-state index contributed by atoms with van der Waals surface area (Å²) >= 11 is 0. The van der Waals surface area contributed by atoms with E-state index in [1.165, 1.54) is 36.0 Å². The van der Waals surface area contributed by atoms with Gasteiger partial charge in [-0.1, -0.05) is 39.0 Å². The second-order valence-electron chi connectivity index (χ2n) is 5.78. The van der Waals surface area contributed by atoms with Crippen molar-refractivity contribution >= 4 is 0 Å². The molecule has 1 atom stereocenters. The lowest BCUT2D eigenvalue weighted by atomic mass is 9.91. The van der Waals surface area contributed by atoms with Crippen LogP contribution in [0, 0.1) is 19.8 Å². The fourth-order valence-corrected chi connectivity index (χ4v) is 2.54. The van der Waals surface area contributed by atoms with Gasteiger partial charge >= 0.3 is 0 Å². The van der Waals surface area contributed by atoms with Crippen molar-refractivity contribution in [3.8, 4) is 0 Å². The van der Waals surface area contributed by atoms with Crippen LogP contribution in [0.25, 0.3) is 0 Å². The summed E-state index contributed by atoms with van der Waals surface area (Å²) in [5.41, 5.74) is 4.37. The van der Waals surface area contributed by atoms with Gasteiger partial charge in [0.25, 0.3) is 0 Å². The molecule has 0 fully saturated rings. The highest BCUT2D eigenvalue weighted by molar-refractivity contribution is 5.36. The molecule has 1 nitrogen and oxygen atoms in total. The van der Waals surface area contributed by atoms with Gasteiger partial charge in [-0.3, -0.25) is 0 Å². The van der Waals surface area contributed by atoms with Crippen molar-refractivity contribution in [3.63, 3.8) is 0 Å². The molecule has 0 saturated carbocycles. The predicted octanol–water partition coefficient (Wildman–Crippen LogP) is 4.78. The molecule has 0 aromatic heterocycles. The van der Waals surface area contributed by atoms with Crippen molar-refractivity contribution in [3.05, 3.63) is 34.9 Å². The Hall–Kier alpha value is -0.820. The van der Waals surface area contributed by atoms with Gasteiger partial charge < -0.3 is 5.32 Å². The largest absolute Gasteiger partial charge is 0.310 e. The van der Waals surface area contributed by atoms with Gasteiger partial charge in [0, 0.05) is 6.04 Å². The molecule has 102 valence electrons. The molecule has 1 N–H and O–H groups in total. The molecule has 18 heavy (non-hydrogen) atoms. The van der Waals surface area contributed by atoms with E-state index >= 15 is 0 Å². The van der Waals surface area contributed by atoms with E-state index in [0.29, 0.717) is 6.04 Å². The van der Waals surface area contributed by atoms with E-state index in [0.717, 1.165) is 12.5 Å². The summed E-state index contributed by atoms with van der Waals surface area (Å²) in [5, 5.41) is 3.72. The molecule has 0 bridgehead atoms. The van der Waals surface area contributed by atoms with E-state index < -0.39 is 0 Å². The summed E-state index contributed by atoms with van der Waals surface area (Å²) in [6.45, 7) is 12.4. The fraction of sp³-hybridized carbons (Fsp3) is 0.647. The minimum Gasteiger partial charge on any atom is -0.310 e. The van der Waals surface area contributed by atoms with Crippen LogP contribution < -0.4 is 5.32 Å².